The van der Waals surface area contributed by atoms with Crippen molar-refractivity contribution in [1.82, 2.24) is 14.8 Å². The number of amides is 2. The topological polar surface area (TPSA) is 91.6 Å². The van der Waals surface area contributed by atoms with Crippen molar-refractivity contribution in [2.45, 2.75) is 37.8 Å². The number of rotatable bonds is 3. The molecule has 0 saturated carbocycles. The maximum atomic E-state index is 13.8. The number of fused-ring (bicyclic) bond motifs is 2. The highest BCUT2D eigenvalue weighted by Crippen LogP contribution is 2.35. The summed E-state index contributed by atoms with van der Waals surface area (Å²) >= 11 is 1.60. The normalized spacial score (nSPS) is 20.5. The third-order valence-corrected chi connectivity index (χ3v) is 6.63. The van der Waals surface area contributed by atoms with E-state index >= 15 is 0 Å². The summed E-state index contributed by atoms with van der Waals surface area (Å²) in [6, 6.07) is 3.56. The van der Waals surface area contributed by atoms with Crippen molar-refractivity contribution in [3.8, 4) is 5.75 Å². The van der Waals surface area contributed by atoms with Crippen molar-refractivity contribution in [2.24, 2.45) is 0 Å². The Kier molecular flexibility index (Phi) is 5.27. The van der Waals surface area contributed by atoms with E-state index in [1.807, 2.05) is 6.92 Å². The second-order valence-electron chi connectivity index (χ2n) is 7.29. The Morgan fingerprint density at radius 3 is 2.87 bits per heavy atom. The van der Waals surface area contributed by atoms with E-state index in [-0.39, 0.29) is 34.8 Å². The molecule has 2 atom stereocenters. The van der Waals surface area contributed by atoms with Crippen LogP contribution in [0.4, 0.5) is 8.78 Å². The number of hydrogen-bond acceptors (Lipinski definition) is 5. The number of aromatic nitrogens is 1. The zero-order valence-electron chi connectivity index (χ0n) is 16.0. The first-order chi connectivity index (χ1) is 14.3. The second-order valence-corrected chi connectivity index (χ2v) is 8.58. The van der Waals surface area contributed by atoms with Crippen LogP contribution in [0.3, 0.4) is 0 Å². The Balaban J connectivity index is 1.64. The number of carbonyl (C=O) groups excluding carboxylic acids is 2. The highest BCUT2D eigenvalue weighted by molar-refractivity contribution is 7.99. The van der Waals surface area contributed by atoms with Gasteiger partial charge in [0.15, 0.2) is 23.1 Å². The highest BCUT2D eigenvalue weighted by Gasteiger charge is 2.40. The number of thioether (sulfide) groups is 1. The smallest absolute Gasteiger partial charge is 0.275 e. The molecule has 3 heterocycles. The zero-order chi connectivity index (χ0) is 21.6. The summed E-state index contributed by atoms with van der Waals surface area (Å²) in [7, 11) is 0. The van der Waals surface area contributed by atoms with E-state index in [9.17, 15) is 28.3 Å². The van der Waals surface area contributed by atoms with Gasteiger partial charge in [0.05, 0.1) is 11.9 Å². The number of carbonyl (C=O) groups is 2. The number of hydrogen-bond donors (Lipinski definition) is 2. The van der Waals surface area contributed by atoms with Gasteiger partial charge in [-0.2, -0.15) is 0 Å². The van der Waals surface area contributed by atoms with Gasteiger partial charge in [-0.25, -0.2) is 8.78 Å². The molecule has 1 fully saturated rings. The molecular formula is C20H19F2N3O4S. The maximum absolute atomic E-state index is 13.8. The monoisotopic (exact) mass is 435 g/mol. The van der Waals surface area contributed by atoms with Crippen LogP contribution in [0.1, 0.15) is 39.8 Å². The molecule has 0 aliphatic carbocycles. The fourth-order valence-electron chi connectivity index (χ4n) is 3.78. The molecule has 1 aromatic heterocycles. The minimum atomic E-state index is -1.09. The third kappa shape index (κ3) is 3.34. The summed E-state index contributed by atoms with van der Waals surface area (Å²) in [5, 5.41) is 12.6. The minimum absolute atomic E-state index is 0.0175. The lowest BCUT2D eigenvalue weighted by molar-refractivity contribution is 0.0573. The molecular weight excluding hydrogens is 416 g/mol. The molecule has 1 aromatic carbocycles. The average Bonchev–Trinajstić information content (AvgIpc) is 2.71. The quantitative estimate of drug-likeness (QED) is 0.770. The first kappa shape index (κ1) is 20.4. The van der Waals surface area contributed by atoms with Crippen LogP contribution < -0.4 is 10.7 Å². The Hall–Kier alpha value is -2.88. The number of nitrogens with one attached hydrogen (secondary N) is 1. The predicted molar refractivity (Wildman–Crippen MR) is 106 cm³/mol. The molecule has 2 N–H and O–H groups in total. The van der Waals surface area contributed by atoms with Crippen LogP contribution >= 0.6 is 11.8 Å². The van der Waals surface area contributed by atoms with E-state index in [2.05, 4.69) is 5.32 Å². The number of benzene rings is 1. The van der Waals surface area contributed by atoms with Gasteiger partial charge >= 0.3 is 0 Å². The fraction of sp³-hybridized carbons (Fsp3) is 0.350. The molecule has 4 rings (SSSR count). The molecule has 1 unspecified atom stereocenters. The summed E-state index contributed by atoms with van der Waals surface area (Å²) < 4.78 is 28.5. The third-order valence-electron chi connectivity index (χ3n) is 5.39. The number of aromatic hydroxyl groups is 1. The summed E-state index contributed by atoms with van der Waals surface area (Å²) in [4.78, 5) is 39.7. The van der Waals surface area contributed by atoms with Gasteiger partial charge in [-0.05, 0) is 25.2 Å². The van der Waals surface area contributed by atoms with Crippen LogP contribution in [0.5, 0.6) is 5.75 Å². The standard InChI is InChI=1S/C20H19F2N3O4S/c1-10-5-6-30-14-9-24-8-12(17(26)18(27)16(24)20(29)25(10)14)19(28)23-7-11-3-2-4-13(21)15(11)22/h2-4,8,10,14,27H,5-7,9H2,1H3,(H,23,28)/t10-,14?/m1/s1. The second kappa shape index (κ2) is 7.75. The van der Waals surface area contributed by atoms with Crippen LogP contribution in [-0.4, -0.2) is 43.6 Å². The molecule has 2 aliphatic rings. The van der Waals surface area contributed by atoms with Crippen LogP contribution in [-0.2, 0) is 13.1 Å². The summed E-state index contributed by atoms with van der Waals surface area (Å²) in [6.45, 7) is 1.90. The maximum Gasteiger partial charge on any atom is 0.275 e. The Morgan fingerprint density at radius 2 is 2.10 bits per heavy atom. The van der Waals surface area contributed by atoms with Crippen molar-refractivity contribution in [2.75, 3.05) is 5.75 Å². The lowest BCUT2D eigenvalue weighted by atomic mass is 10.1. The van der Waals surface area contributed by atoms with E-state index < -0.39 is 34.6 Å². The van der Waals surface area contributed by atoms with Crippen molar-refractivity contribution in [1.29, 1.82) is 0 Å². The van der Waals surface area contributed by atoms with Gasteiger partial charge < -0.3 is 19.9 Å². The Morgan fingerprint density at radius 1 is 1.33 bits per heavy atom. The van der Waals surface area contributed by atoms with Crippen molar-refractivity contribution < 1.29 is 23.5 Å². The van der Waals surface area contributed by atoms with E-state index in [4.69, 9.17) is 0 Å². The van der Waals surface area contributed by atoms with Gasteiger partial charge in [-0.15, -0.1) is 11.8 Å². The van der Waals surface area contributed by atoms with E-state index in [0.717, 1.165) is 18.2 Å². The van der Waals surface area contributed by atoms with Crippen molar-refractivity contribution in [3.05, 3.63) is 63.1 Å². The molecule has 1 saturated heterocycles. The Labute approximate surface area is 174 Å². The zero-order valence-corrected chi connectivity index (χ0v) is 16.8. The van der Waals surface area contributed by atoms with Crippen LogP contribution in [0.15, 0.2) is 29.2 Å². The average molecular weight is 435 g/mol. The van der Waals surface area contributed by atoms with E-state index in [0.29, 0.717) is 6.54 Å². The molecule has 2 amide bonds. The van der Waals surface area contributed by atoms with Crippen molar-refractivity contribution in [3.63, 3.8) is 0 Å². The molecule has 30 heavy (non-hydrogen) atoms. The van der Waals surface area contributed by atoms with Crippen LogP contribution in [0, 0.1) is 11.6 Å². The number of nitrogens with zero attached hydrogens (tertiary/aromatic N) is 2. The first-order valence-electron chi connectivity index (χ1n) is 9.41. The van der Waals surface area contributed by atoms with Gasteiger partial charge in [-0.1, -0.05) is 12.1 Å². The molecule has 2 aliphatic heterocycles. The van der Waals surface area contributed by atoms with Crippen LogP contribution in [0.25, 0.3) is 0 Å². The minimum Gasteiger partial charge on any atom is -0.503 e. The van der Waals surface area contributed by atoms with Gasteiger partial charge in [0.2, 0.25) is 5.43 Å². The molecule has 158 valence electrons. The predicted octanol–water partition coefficient (Wildman–Crippen LogP) is 2.07. The molecule has 10 heteroatoms. The van der Waals surface area contributed by atoms with Crippen LogP contribution in [0.2, 0.25) is 0 Å². The van der Waals surface area contributed by atoms with E-state index in [1.54, 1.807) is 16.7 Å². The van der Waals surface area contributed by atoms with Gasteiger partial charge in [0.1, 0.15) is 5.56 Å². The molecule has 7 nitrogen and oxygen atoms in total. The largest absolute Gasteiger partial charge is 0.503 e. The molecule has 0 spiro atoms. The Bertz CT molecular complexity index is 1100. The lowest BCUT2D eigenvalue weighted by Gasteiger charge is -2.44. The highest BCUT2D eigenvalue weighted by atomic mass is 32.2. The van der Waals surface area contributed by atoms with Gasteiger partial charge in [0, 0.05) is 24.3 Å². The van der Waals surface area contributed by atoms with Gasteiger partial charge in [0.25, 0.3) is 11.8 Å². The molecule has 0 radical (unpaired) electrons. The summed E-state index contributed by atoms with van der Waals surface area (Å²) in [6.07, 6.45) is 2.05. The van der Waals surface area contributed by atoms with E-state index in [1.165, 1.54) is 22.9 Å². The number of halogens is 2. The SMILES string of the molecule is C[C@@H]1CCSC2Cn3cc(C(=O)NCc4cccc(F)c4F)c(=O)c(O)c3C(=O)N21. The first-order valence-corrected chi connectivity index (χ1v) is 10.5. The van der Waals surface area contributed by atoms with Crippen molar-refractivity contribution >= 4 is 23.6 Å². The lowest BCUT2D eigenvalue weighted by Crippen LogP contribution is -2.54. The molecule has 0 bridgehead atoms. The number of pyridine rings is 1. The summed E-state index contributed by atoms with van der Waals surface area (Å²) in [5.74, 6) is -3.34. The molecule has 2 aromatic rings. The van der Waals surface area contributed by atoms with Gasteiger partial charge in [-0.3, -0.25) is 14.4 Å². The summed E-state index contributed by atoms with van der Waals surface area (Å²) in [5.41, 5.74) is -1.58. The fourth-order valence-corrected chi connectivity index (χ4v) is 5.26.